The Kier molecular flexibility index (Phi) is 3.70. The Morgan fingerprint density at radius 3 is 2.95 bits per heavy atom. The lowest BCUT2D eigenvalue weighted by molar-refractivity contribution is 0.0672. The number of primary amides is 1. The van der Waals surface area contributed by atoms with E-state index in [9.17, 15) is 9.59 Å². The highest BCUT2D eigenvalue weighted by molar-refractivity contribution is 7.08. The van der Waals surface area contributed by atoms with Crippen molar-refractivity contribution in [3.8, 4) is 0 Å². The van der Waals surface area contributed by atoms with Gasteiger partial charge in [-0.2, -0.15) is 11.3 Å². The highest BCUT2D eigenvalue weighted by Gasteiger charge is 2.26. The summed E-state index contributed by atoms with van der Waals surface area (Å²) in [5.74, 6) is -0.594. The van der Waals surface area contributed by atoms with Crippen molar-refractivity contribution >= 4 is 23.2 Å². The lowest BCUT2D eigenvalue weighted by Crippen LogP contribution is -2.40. The monoisotopic (exact) mass is 305 g/mol. The molecule has 0 radical (unpaired) electrons. The van der Waals surface area contributed by atoms with Crippen LogP contribution in [0, 0.1) is 0 Å². The number of aromatic nitrogens is 3. The van der Waals surface area contributed by atoms with Crippen molar-refractivity contribution in [2.45, 2.75) is 18.9 Å². The van der Waals surface area contributed by atoms with Crippen molar-refractivity contribution in [2.75, 3.05) is 13.1 Å². The first kappa shape index (κ1) is 13.7. The molecule has 0 unspecified atom stereocenters. The SMILES string of the molecule is NC(=O)c1ncn([C@@H]2CCCN(C(=O)c3ccsc3)C2)n1. The Labute approximate surface area is 125 Å². The molecule has 0 spiro atoms. The maximum Gasteiger partial charge on any atom is 0.288 e. The molecule has 1 saturated heterocycles. The van der Waals surface area contributed by atoms with Crippen LogP contribution in [-0.4, -0.2) is 44.6 Å². The summed E-state index contributed by atoms with van der Waals surface area (Å²) in [6.07, 6.45) is 3.30. The molecule has 0 bridgehead atoms. The predicted molar refractivity (Wildman–Crippen MR) is 77.0 cm³/mol. The van der Waals surface area contributed by atoms with Crippen LogP contribution in [0.15, 0.2) is 23.2 Å². The summed E-state index contributed by atoms with van der Waals surface area (Å²) in [6.45, 7) is 1.30. The second-order valence-corrected chi connectivity index (χ2v) is 5.75. The number of hydrogen-bond donors (Lipinski definition) is 1. The number of thiophene rings is 1. The van der Waals surface area contributed by atoms with Crippen LogP contribution < -0.4 is 5.73 Å². The third kappa shape index (κ3) is 2.80. The van der Waals surface area contributed by atoms with Gasteiger partial charge in [-0.3, -0.25) is 9.59 Å². The van der Waals surface area contributed by atoms with Gasteiger partial charge in [0.15, 0.2) is 0 Å². The maximum absolute atomic E-state index is 12.4. The van der Waals surface area contributed by atoms with E-state index >= 15 is 0 Å². The van der Waals surface area contributed by atoms with Gasteiger partial charge in [0.25, 0.3) is 11.8 Å². The lowest BCUT2D eigenvalue weighted by Gasteiger charge is -2.32. The average molecular weight is 305 g/mol. The number of nitrogens with zero attached hydrogens (tertiary/aromatic N) is 4. The number of rotatable bonds is 3. The van der Waals surface area contributed by atoms with E-state index in [1.54, 1.807) is 4.68 Å². The number of carbonyl (C=O) groups excluding carboxylic acids is 2. The summed E-state index contributed by atoms with van der Waals surface area (Å²) in [7, 11) is 0. The van der Waals surface area contributed by atoms with Crippen molar-refractivity contribution in [3.63, 3.8) is 0 Å². The molecule has 21 heavy (non-hydrogen) atoms. The molecule has 110 valence electrons. The first-order chi connectivity index (χ1) is 10.1. The molecule has 3 heterocycles. The molecule has 0 aromatic carbocycles. The molecule has 2 N–H and O–H groups in total. The number of nitrogens with two attached hydrogens (primary N) is 1. The van der Waals surface area contributed by atoms with E-state index in [1.807, 2.05) is 21.7 Å². The van der Waals surface area contributed by atoms with Crippen LogP contribution in [0.3, 0.4) is 0 Å². The van der Waals surface area contributed by atoms with Gasteiger partial charge in [0.1, 0.15) is 6.33 Å². The van der Waals surface area contributed by atoms with Gasteiger partial charge in [0.05, 0.1) is 11.6 Å². The summed E-state index contributed by atoms with van der Waals surface area (Å²) < 4.78 is 1.63. The quantitative estimate of drug-likeness (QED) is 0.912. The number of amides is 2. The molecule has 1 aliphatic heterocycles. The van der Waals surface area contributed by atoms with Crippen LogP contribution in [0.4, 0.5) is 0 Å². The fraction of sp³-hybridized carbons (Fsp3) is 0.385. The van der Waals surface area contributed by atoms with Gasteiger partial charge in [-0.1, -0.05) is 0 Å². The fourth-order valence-electron chi connectivity index (χ4n) is 2.49. The molecule has 2 amide bonds. The van der Waals surface area contributed by atoms with E-state index < -0.39 is 5.91 Å². The van der Waals surface area contributed by atoms with E-state index in [0.29, 0.717) is 6.54 Å². The minimum Gasteiger partial charge on any atom is -0.363 e. The van der Waals surface area contributed by atoms with E-state index in [4.69, 9.17) is 5.73 Å². The second-order valence-electron chi connectivity index (χ2n) is 4.97. The summed E-state index contributed by atoms with van der Waals surface area (Å²) in [5, 5.41) is 7.83. The Morgan fingerprint density at radius 1 is 1.43 bits per heavy atom. The molecule has 1 fully saturated rings. The number of likely N-dealkylation sites (tertiary alicyclic amines) is 1. The molecule has 3 rings (SSSR count). The third-order valence-electron chi connectivity index (χ3n) is 3.55. The zero-order chi connectivity index (χ0) is 14.8. The van der Waals surface area contributed by atoms with Gasteiger partial charge in [0.2, 0.25) is 5.82 Å². The molecule has 8 heteroatoms. The van der Waals surface area contributed by atoms with Crippen molar-refractivity contribution < 1.29 is 9.59 Å². The van der Waals surface area contributed by atoms with Crippen LogP contribution in [0.1, 0.15) is 39.9 Å². The molecule has 0 saturated carbocycles. The van der Waals surface area contributed by atoms with Gasteiger partial charge < -0.3 is 10.6 Å². The minimum atomic E-state index is -0.643. The summed E-state index contributed by atoms with van der Waals surface area (Å²) in [6, 6.07) is 1.86. The molecule has 7 nitrogen and oxygen atoms in total. The van der Waals surface area contributed by atoms with Crippen LogP contribution in [0.2, 0.25) is 0 Å². The lowest BCUT2D eigenvalue weighted by atomic mass is 10.1. The van der Waals surface area contributed by atoms with Gasteiger partial charge in [-0.05, 0) is 24.3 Å². The van der Waals surface area contributed by atoms with Crippen LogP contribution in [-0.2, 0) is 0 Å². The number of piperidine rings is 1. The van der Waals surface area contributed by atoms with Crippen molar-refractivity contribution in [3.05, 3.63) is 34.5 Å². The molecule has 2 aromatic heterocycles. The highest BCUT2D eigenvalue weighted by Crippen LogP contribution is 2.22. The van der Waals surface area contributed by atoms with E-state index in [1.165, 1.54) is 17.7 Å². The van der Waals surface area contributed by atoms with Gasteiger partial charge >= 0.3 is 0 Å². The standard InChI is InChI=1S/C13H15N5O2S/c14-11(19)12-15-8-18(16-12)10-2-1-4-17(6-10)13(20)9-3-5-21-7-9/h3,5,7-8,10H,1-2,4,6H2,(H2,14,19)/t10-/m1/s1. The summed E-state index contributed by atoms with van der Waals surface area (Å²) in [4.78, 5) is 29.1. The van der Waals surface area contributed by atoms with E-state index in [2.05, 4.69) is 10.1 Å². The maximum atomic E-state index is 12.4. The van der Waals surface area contributed by atoms with Gasteiger partial charge in [-0.15, -0.1) is 5.10 Å². The van der Waals surface area contributed by atoms with Crippen molar-refractivity contribution in [1.82, 2.24) is 19.7 Å². The first-order valence-electron chi connectivity index (χ1n) is 6.67. The Bertz CT molecular complexity index is 651. The predicted octanol–water partition coefficient (Wildman–Crippen LogP) is 0.916. The second kappa shape index (κ2) is 5.65. The zero-order valence-electron chi connectivity index (χ0n) is 11.3. The molecular weight excluding hydrogens is 290 g/mol. The molecule has 1 aliphatic rings. The third-order valence-corrected chi connectivity index (χ3v) is 4.24. The van der Waals surface area contributed by atoms with Crippen LogP contribution >= 0.6 is 11.3 Å². The summed E-state index contributed by atoms with van der Waals surface area (Å²) in [5.41, 5.74) is 5.88. The number of carbonyl (C=O) groups is 2. The van der Waals surface area contributed by atoms with Crippen LogP contribution in [0.5, 0.6) is 0 Å². The van der Waals surface area contributed by atoms with E-state index in [0.717, 1.165) is 24.9 Å². The van der Waals surface area contributed by atoms with Crippen molar-refractivity contribution in [1.29, 1.82) is 0 Å². The Morgan fingerprint density at radius 2 is 2.29 bits per heavy atom. The summed E-state index contributed by atoms with van der Waals surface area (Å²) >= 11 is 1.51. The molecule has 2 aromatic rings. The molecule has 1 atom stereocenters. The van der Waals surface area contributed by atoms with E-state index in [-0.39, 0.29) is 17.8 Å². The zero-order valence-corrected chi connectivity index (χ0v) is 12.1. The molecule has 0 aliphatic carbocycles. The fourth-order valence-corrected chi connectivity index (χ4v) is 3.12. The van der Waals surface area contributed by atoms with Gasteiger partial charge in [-0.25, -0.2) is 9.67 Å². The molecular formula is C13H15N5O2S. The largest absolute Gasteiger partial charge is 0.363 e. The highest BCUT2D eigenvalue weighted by atomic mass is 32.1. The Balaban J connectivity index is 1.73. The average Bonchev–Trinajstić information content (AvgIpc) is 3.18. The minimum absolute atomic E-state index is 0.0104. The normalized spacial score (nSPS) is 18.7. The smallest absolute Gasteiger partial charge is 0.288 e. The topological polar surface area (TPSA) is 94.1 Å². The van der Waals surface area contributed by atoms with Crippen LogP contribution in [0.25, 0.3) is 0 Å². The van der Waals surface area contributed by atoms with Gasteiger partial charge in [0, 0.05) is 18.5 Å². The Hall–Kier alpha value is -2.22. The first-order valence-corrected chi connectivity index (χ1v) is 7.62. The van der Waals surface area contributed by atoms with Crippen molar-refractivity contribution in [2.24, 2.45) is 5.73 Å². The number of hydrogen-bond acceptors (Lipinski definition) is 5.